The lowest BCUT2D eigenvalue weighted by atomic mass is 10.2. The van der Waals surface area contributed by atoms with Crippen molar-refractivity contribution in [3.05, 3.63) is 53.6 Å². The first-order valence-electron chi connectivity index (χ1n) is 8.36. The molecule has 1 N–H and O–H groups in total. The van der Waals surface area contributed by atoms with E-state index in [9.17, 15) is 9.59 Å². The number of anilines is 1. The van der Waals surface area contributed by atoms with Crippen molar-refractivity contribution in [2.75, 3.05) is 39.8 Å². The zero-order chi connectivity index (χ0) is 19.8. The Balaban J connectivity index is 1.88. The van der Waals surface area contributed by atoms with Crippen molar-refractivity contribution in [2.24, 2.45) is 0 Å². The molecule has 0 saturated heterocycles. The van der Waals surface area contributed by atoms with Crippen LogP contribution in [-0.4, -0.2) is 46.8 Å². The van der Waals surface area contributed by atoms with Crippen LogP contribution in [0.25, 0.3) is 0 Å². The zero-order valence-electron chi connectivity index (χ0n) is 15.9. The van der Waals surface area contributed by atoms with Crippen molar-refractivity contribution in [2.45, 2.75) is 6.54 Å². The first kappa shape index (κ1) is 20.1. The molecule has 2 rings (SSSR count). The summed E-state index contributed by atoms with van der Waals surface area (Å²) in [7, 11) is 6.71. The topological polar surface area (TPSA) is 77.1 Å². The summed E-state index contributed by atoms with van der Waals surface area (Å²) in [5.41, 5.74) is 2.43. The Hall–Kier alpha value is -3.22. The lowest BCUT2D eigenvalue weighted by Gasteiger charge is -2.13. The Morgan fingerprint density at radius 1 is 1.00 bits per heavy atom. The van der Waals surface area contributed by atoms with Gasteiger partial charge in [-0.05, 0) is 35.9 Å². The minimum absolute atomic E-state index is 0.163. The van der Waals surface area contributed by atoms with Crippen LogP contribution in [0.15, 0.2) is 42.5 Å². The van der Waals surface area contributed by atoms with Gasteiger partial charge in [0.2, 0.25) is 0 Å². The summed E-state index contributed by atoms with van der Waals surface area (Å²) in [6, 6.07) is 12.5. The van der Waals surface area contributed by atoms with Crippen LogP contribution in [0.5, 0.6) is 11.5 Å². The minimum Gasteiger partial charge on any atom is -0.493 e. The number of methoxy groups -OCH3 is 2. The van der Waals surface area contributed by atoms with Crippen molar-refractivity contribution in [1.82, 2.24) is 5.32 Å². The third-order valence-electron chi connectivity index (χ3n) is 3.89. The molecule has 1 amide bonds. The molecule has 0 aliphatic rings. The van der Waals surface area contributed by atoms with Crippen LogP contribution >= 0.6 is 0 Å². The highest BCUT2D eigenvalue weighted by atomic mass is 16.5. The predicted molar refractivity (Wildman–Crippen MR) is 102 cm³/mol. The number of nitrogens with zero attached hydrogens (tertiary/aromatic N) is 1. The van der Waals surface area contributed by atoms with Crippen molar-refractivity contribution < 1.29 is 23.8 Å². The average Bonchev–Trinajstić information content (AvgIpc) is 2.70. The van der Waals surface area contributed by atoms with Crippen molar-refractivity contribution >= 4 is 17.6 Å². The van der Waals surface area contributed by atoms with Gasteiger partial charge in [-0.15, -0.1) is 0 Å². The van der Waals surface area contributed by atoms with Gasteiger partial charge >= 0.3 is 5.97 Å². The molecule has 7 nitrogen and oxygen atoms in total. The number of carbonyl (C=O) groups excluding carboxylic acids is 2. The molecule has 0 aliphatic heterocycles. The predicted octanol–water partition coefficient (Wildman–Crippen LogP) is 2.24. The Labute approximate surface area is 158 Å². The molecule has 7 heteroatoms. The molecule has 2 aromatic rings. The first-order valence-corrected chi connectivity index (χ1v) is 8.36. The number of rotatable bonds is 8. The number of nitrogens with one attached hydrogen (secondary N) is 1. The molecule has 0 atom stereocenters. The van der Waals surface area contributed by atoms with Gasteiger partial charge in [0.1, 0.15) is 0 Å². The summed E-state index contributed by atoms with van der Waals surface area (Å²) >= 11 is 0. The quantitative estimate of drug-likeness (QED) is 0.716. The number of carbonyl (C=O) groups is 2. The summed E-state index contributed by atoms with van der Waals surface area (Å²) in [5.74, 6) is -0.00993. The fraction of sp³-hybridized carbons (Fsp3) is 0.300. The van der Waals surface area contributed by atoms with E-state index in [2.05, 4.69) is 10.1 Å². The van der Waals surface area contributed by atoms with E-state index in [4.69, 9.17) is 9.47 Å². The number of hydrogen-bond donors (Lipinski definition) is 1. The van der Waals surface area contributed by atoms with Gasteiger partial charge in [0.05, 0.1) is 19.8 Å². The smallest absolute Gasteiger partial charge is 0.337 e. The molecule has 27 heavy (non-hydrogen) atoms. The summed E-state index contributed by atoms with van der Waals surface area (Å²) in [6.45, 7) is 0.248. The van der Waals surface area contributed by atoms with Gasteiger partial charge in [-0.25, -0.2) is 4.79 Å². The van der Waals surface area contributed by atoms with E-state index in [1.54, 1.807) is 12.1 Å². The number of ether oxygens (including phenoxy) is 3. The number of amides is 1. The van der Waals surface area contributed by atoms with Crippen molar-refractivity contribution in [1.29, 1.82) is 0 Å². The molecule has 0 aliphatic carbocycles. The second-order valence-electron chi connectivity index (χ2n) is 5.98. The first-order chi connectivity index (χ1) is 12.9. The molecule has 144 valence electrons. The number of hydrogen-bond acceptors (Lipinski definition) is 6. The monoisotopic (exact) mass is 372 g/mol. The van der Waals surface area contributed by atoms with Gasteiger partial charge in [0.15, 0.2) is 18.1 Å². The molecule has 0 radical (unpaired) electrons. The van der Waals surface area contributed by atoms with E-state index >= 15 is 0 Å². The fourth-order valence-electron chi connectivity index (χ4n) is 2.34. The maximum absolute atomic E-state index is 12.0. The van der Waals surface area contributed by atoms with Gasteiger partial charge in [-0.2, -0.15) is 0 Å². The summed E-state index contributed by atoms with van der Waals surface area (Å²) < 4.78 is 15.4. The van der Waals surface area contributed by atoms with Gasteiger partial charge in [0, 0.05) is 26.3 Å². The van der Waals surface area contributed by atoms with Gasteiger partial charge in [0.25, 0.3) is 5.91 Å². The van der Waals surface area contributed by atoms with Gasteiger partial charge in [-0.3, -0.25) is 4.79 Å². The Bertz CT molecular complexity index is 787. The fourth-order valence-corrected chi connectivity index (χ4v) is 2.34. The molecule has 0 heterocycles. The Kier molecular flexibility index (Phi) is 7.05. The molecule has 0 fully saturated rings. The van der Waals surface area contributed by atoms with Crippen molar-refractivity contribution in [3.63, 3.8) is 0 Å². The van der Waals surface area contributed by atoms with E-state index < -0.39 is 5.97 Å². The van der Waals surface area contributed by atoms with Crippen LogP contribution in [0.2, 0.25) is 0 Å². The van der Waals surface area contributed by atoms with Crippen LogP contribution in [0.3, 0.4) is 0 Å². The maximum Gasteiger partial charge on any atom is 0.337 e. The number of esters is 1. The molecule has 0 bridgehead atoms. The highest BCUT2D eigenvalue weighted by Gasteiger charge is 2.12. The zero-order valence-corrected chi connectivity index (χ0v) is 15.9. The molecular formula is C20H24N2O5. The van der Waals surface area contributed by atoms with Crippen LogP contribution in [0, 0.1) is 0 Å². The van der Waals surface area contributed by atoms with E-state index in [1.807, 2.05) is 43.3 Å². The van der Waals surface area contributed by atoms with E-state index in [0.29, 0.717) is 23.6 Å². The van der Waals surface area contributed by atoms with E-state index in [0.717, 1.165) is 11.3 Å². The molecule has 0 unspecified atom stereocenters. The molecule has 2 aromatic carbocycles. The summed E-state index contributed by atoms with van der Waals surface area (Å²) in [5, 5.41) is 2.80. The molecular weight excluding hydrogens is 348 g/mol. The van der Waals surface area contributed by atoms with Gasteiger partial charge < -0.3 is 24.4 Å². The highest BCUT2D eigenvalue weighted by Crippen LogP contribution is 2.28. The third kappa shape index (κ3) is 5.64. The minimum atomic E-state index is -0.474. The largest absolute Gasteiger partial charge is 0.493 e. The Morgan fingerprint density at radius 2 is 1.70 bits per heavy atom. The third-order valence-corrected chi connectivity index (χ3v) is 3.89. The molecule has 0 spiro atoms. The molecule has 0 aromatic heterocycles. The lowest BCUT2D eigenvalue weighted by molar-refractivity contribution is -0.123. The summed E-state index contributed by atoms with van der Waals surface area (Å²) in [4.78, 5) is 25.6. The van der Waals surface area contributed by atoms with Gasteiger partial charge in [-0.1, -0.05) is 12.1 Å². The average molecular weight is 372 g/mol. The van der Waals surface area contributed by atoms with Crippen LogP contribution < -0.4 is 19.7 Å². The van der Waals surface area contributed by atoms with Crippen LogP contribution in [-0.2, 0) is 16.1 Å². The van der Waals surface area contributed by atoms with Crippen molar-refractivity contribution in [3.8, 4) is 11.5 Å². The SMILES string of the molecule is COC(=O)c1ccc(OCC(=O)NCc2ccc(N(C)C)cc2)c(OC)c1. The standard InChI is InChI=1S/C20H24N2O5/c1-22(2)16-8-5-14(6-9-16)12-21-19(23)13-27-17-10-7-15(20(24)26-4)11-18(17)25-3/h5-11H,12-13H2,1-4H3,(H,21,23). The summed E-state index contributed by atoms with van der Waals surface area (Å²) in [6.07, 6.45) is 0. The Morgan fingerprint density at radius 3 is 2.30 bits per heavy atom. The van der Waals surface area contributed by atoms with Crippen LogP contribution in [0.4, 0.5) is 5.69 Å². The normalized spacial score (nSPS) is 10.1. The second kappa shape index (κ2) is 9.47. The van der Waals surface area contributed by atoms with E-state index in [-0.39, 0.29) is 12.5 Å². The van der Waals surface area contributed by atoms with Crippen LogP contribution in [0.1, 0.15) is 15.9 Å². The number of benzene rings is 2. The molecule has 0 saturated carbocycles. The maximum atomic E-state index is 12.0. The highest BCUT2D eigenvalue weighted by molar-refractivity contribution is 5.90. The lowest BCUT2D eigenvalue weighted by Crippen LogP contribution is -2.28. The second-order valence-corrected chi connectivity index (χ2v) is 5.98. The van der Waals surface area contributed by atoms with E-state index in [1.165, 1.54) is 20.3 Å².